The quantitative estimate of drug-likeness (QED) is 0.398. The van der Waals surface area contributed by atoms with Crippen LogP contribution in [0.2, 0.25) is 5.15 Å². The Hall–Kier alpha value is -1.15. The van der Waals surface area contributed by atoms with Crippen molar-refractivity contribution in [3.8, 4) is 0 Å². The second-order valence-corrected chi connectivity index (χ2v) is 2.75. The normalized spacial score (nSPS) is 10.5. The maximum absolute atomic E-state index is 10.0. The minimum absolute atomic E-state index is 0.415. The van der Waals surface area contributed by atoms with Crippen molar-refractivity contribution in [1.82, 2.24) is 4.98 Å². The third-order valence-corrected chi connectivity index (χ3v) is 1.67. The molecule has 1 heterocycles. The van der Waals surface area contributed by atoms with Crippen molar-refractivity contribution in [2.45, 2.75) is 6.92 Å². The number of hydrogen-bond acceptors (Lipinski definition) is 2. The molecule has 62 valence electrons. The number of hydrogen-bond donors (Lipinski definition) is 0. The van der Waals surface area contributed by atoms with Gasteiger partial charge in [0.05, 0.1) is 0 Å². The van der Waals surface area contributed by atoms with Crippen LogP contribution in [0.1, 0.15) is 11.1 Å². The average Bonchev–Trinajstić information content (AvgIpc) is 2.07. The second kappa shape index (κ2) is 4.02. The first kappa shape index (κ1) is 8.94. The summed E-state index contributed by atoms with van der Waals surface area (Å²) in [5.41, 5.74) is 1.79. The van der Waals surface area contributed by atoms with E-state index in [0.717, 1.165) is 11.1 Å². The van der Waals surface area contributed by atoms with E-state index in [0.29, 0.717) is 11.4 Å². The Balaban J connectivity index is 3.04. The molecule has 0 unspecified atom stereocenters. The molecule has 0 aromatic carbocycles. The van der Waals surface area contributed by atoms with Gasteiger partial charge in [-0.1, -0.05) is 11.6 Å². The van der Waals surface area contributed by atoms with Gasteiger partial charge in [-0.15, -0.1) is 0 Å². The Bertz CT molecular complexity index is 320. The summed E-state index contributed by atoms with van der Waals surface area (Å²) in [4.78, 5) is 14.0. The molecule has 0 amide bonds. The molecule has 0 aliphatic rings. The van der Waals surface area contributed by atoms with Gasteiger partial charge in [-0.25, -0.2) is 4.98 Å². The predicted molar refractivity (Wildman–Crippen MR) is 49.1 cm³/mol. The van der Waals surface area contributed by atoms with Gasteiger partial charge in [0, 0.05) is 11.8 Å². The summed E-state index contributed by atoms with van der Waals surface area (Å²) in [6, 6.07) is 1.87. The Kier molecular flexibility index (Phi) is 3.00. The lowest BCUT2D eigenvalue weighted by Gasteiger charge is -1.97. The molecule has 0 aliphatic carbocycles. The summed E-state index contributed by atoms with van der Waals surface area (Å²) in [5.74, 6) is 0. The van der Waals surface area contributed by atoms with Gasteiger partial charge >= 0.3 is 0 Å². The summed E-state index contributed by atoms with van der Waals surface area (Å²) < 4.78 is 0. The number of aldehydes is 1. The van der Waals surface area contributed by atoms with E-state index in [2.05, 4.69) is 4.98 Å². The molecule has 0 aliphatic heterocycles. The van der Waals surface area contributed by atoms with E-state index < -0.39 is 0 Å². The van der Waals surface area contributed by atoms with Gasteiger partial charge in [0.25, 0.3) is 0 Å². The minimum atomic E-state index is 0.415. The molecule has 3 heteroatoms. The van der Waals surface area contributed by atoms with Crippen LogP contribution in [0.15, 0.2) is 18.3 Å². The molecule has 0 spiro atoms. The summed E-state index contributed by atoms with van der Waals surface area (Å²) in [6.07, 6.45) is 5.41. The zero-order chi connectivity index (χ0) is 8.97. The van der Waals surface area contributed by atoms with E-state index in [1.807, 2.05) is 13.0 Å². The van der Waals surface area contributed by atoms with Crippen molar-refractivity contribution in [2.75, 3.05) is 0 Å². The van der Waals surface area contributed by atoms with Gasteiger partial charge in [-0.3, -0.25) is 4.79 Å². The molecule has 0 fully saturated rings. The maximum Gasteiger partial charge on any atom is 0.142 e. The van der Waals surface area contributed by atoms with E-state index in [4.69, 9.17) is 11.6 Å². The van der Waals surface area contributed by atoms with Crippen LogP contribution in [0.25, 0.3) is 6.08 Å². The summed E-state index contributed by atoms with van der Waals surface area (Å²) in [5, 5.41) is 0.415. The van der Waals surface area contributed by atoms with Crippen LogP contribution < -0.4 is 0 Å². The second-order valence-electron chi connectivity index (χ2n) is 2.39. The van der Waals surface area contributed by atoms with Crippen molar-refractivity contribution in [3.05, 3.63) is 34.6 Å². The fourth-order valence-corrected chi connectivity index (χ4v) is 1.00. The Morgan fingerprint density at radius 2 is 2.33 bits per heavy atom. The summed E-state index contributed by atoms with van der Waals surface area (Å²) in [7, 11) is 0. The Morgan fingerprint density at radius 3 is 3.00 bits per heavy atom. The topological polar surface area (TPSA) is 30.0 Å². The SMILES string of the molecule is Cc1cnc(Cl)c(C=CC=O)c1. The molecule has 1 aromatic heterocycles. The van der Waals surface area contributed by atoms with Crippen molar-refractivity contribution in [3.63, 3.8) is 0 Å². The number of aromatic nitrogens is 1. The lowest BCUT2D eigenvalue weighted by atomic mass is 10.2. The molecule has 2 nitrogen and oxygen atoms in total. The number of carbonyl (C=O) groups excluding carboxylic acids is 1. The van der Waals surface area contributed by atoms with Crippen LogP contribution in [-0.4, -0.2) is 11.3 Å². The third-order valence-electron chi connectivity index (χ3n) is 1.36. The summed E-state index contributed by atoms with van der Waals surface area (Å²) in [6.45, 7) is 1.92. The Labute approximate surface area is 75.9 Å². The zero-order valence-corrected chi connectivity index (χ0v) is 7.38. The van der Waals surface area contributed by atoms with Gasteiger partial charge in [-0.2, -0.15) is 0 Å². The van der Waals surface area contributed by atoms with E-state index in [9.17, 15) is 4.79 Å². The number of pyridine rings is 1. The predicted octanol–water partition coefficient (Wildman–Crippen LogP) is 2.26. The minimum Gasteiger partial charge on any atom is -0.299 e. The van der Waals surface area contributed by atoms with Crippen molar-refractivity contribution >= 4 is 24.0 Å². The molecule has 1 rings (SSSR count). The number of carbonyl (C=O) groups is 1. The summed E-state index contributed by atoms with van der Waals surface area (Å²) >= 11 is 5.75. The van der Waals surface area contributed by atoms with E-state index in [1.165, 1.54) is 6.08 Å². The largest absolute Gasteiger partial charge is 0.299 e. The monoisotopic (exact) mass is 181 g/mol. The molecular weight excluding hydrogens is 174 g/mol. The molecular formula is C9H8ClNO. The molecule has 12 heavy (non-hydrogen) atoms. The zero-order valence-electron chi connectivity index (χ0n) is 6.62. The molecule has 0 atom stereocenters. The van der Waals surface area contributed by atoms with Gasteiger partial charge in [0.2, 0.25) is 0 Å². The Morgan fingerprint density at radius 1 is 1.58 bits per heavy atom. The number of rotatable bonds is 2. The molecule has 1 aromatic rings. The van der Waals surface area contributed by atoms with Gasteiger partial charge < -0.3 is 0 Å². The molecule has 0 saturated heterocycles. The van der Waals surface area contributed by atoms with Gasteiger partial charge in [0.1, 0.15) is 11.4 Å². The average molecular weight is 182 g/mol. The van der Waals surface area contributed by atoms with Gasteiger partial charge in [0.15, 0.2) is 0 Å². The number of nitrogens with zero attached hydrogens (tertiary/aromatic N) is 1. The number of allylic oxidation sites excluding steroid dienone is 1. The highest BCUT2D eigenvalue weighted by Crippen LogP contribution is 2.14. The number of halogens is 1. The molecule has 0 N–H and O–H groups in total. The first-order valence-corrected chi connectivity index (χ1v) is 3.86. The molecule has 0 saturated carbocycles. The smallest absolute Gasteiger partial charge is 0.142 e. The standard InChI is InChI=1S/C9H8ClNO/c1-7-5-8(3-2-4-12)9(10)11-6-7/h2-6H,1H3. The van der Waals surface area contributed by atoms with Crippen LogP contribution in [0.4, 0.5) is 0 Å². The van der Waals surface area contributed by atoms with Crippen LogP contribution in [0.5, 0.6) is 0 Å². The maximum atomic E-state index is 10.0. The lowest BCUT2D eigenvalue weighted by Crippen LogP contribution is -1.82. The van der Waals surface area contributed by atoms with Crippen molar-refractivity contribution < 1.29 is 4.79 Å². The van der Waals surface area contributed by atoms with Gasteiger partial charge in [-0.05, 0) is 30.7 Å². The van der Waals surface area contributed by atoms with Crippen molar-refractivity contribution in [1.29, 1.82) is 0 Å². The highest BCUT2D eigenvalue weighted by Gasteiger charge is 1.96. The van der Waals surface area contributed by atoms with Crippen LogP contribution in [0, 0.1) is 6.92 Å². The van der Waals surface area contributed by atoms with Crippen molar-refractivity contribution in [2.24, 2.45) is 0 Å². The van der Waals surface area contributed by atoms with Crippen LogP contribution in [-0.2, 0) is 4.79 Å². The fraction of sp³-hybridized carbons (Fsp3) is 0.111. The highest BCUT2D eigenvalue weighted by atomic mass is 35.5. The van der Waals surface area contributed by atoms with E-state index in [-0.39, 0.29) is 0 Å². The van der Waals surface area contributed by atoms with Crippen LogP contribution in [0.3, 0.4) is 0 Å². The van der Waals surface area contributed by atoms with E-state index in [1.54, 1.807) is 12.3 Å². The first-order valence-electron chi connectivity index (χ1n) is 3.48. The first-order chi connectivity index (χ1) is 5.74. The lowest BCUT2D eigenvalue weighted by molar-refractivity contribution is -0.104. The number of aryl methyl sites for hydroxylation is 1. The molecule has 0 radical (unpaired) electrons. The van der Waals surface area contributed by atoms with E-state index >= 15 is 0 Å². The highest BCUT2D eigenvalue weighted by molar-refractivity contribution is 6.30. The van der Waals surface area contributed by atoms with Crippen LogP contribution >= 0.6 is 11.6 Å². The fourth-order valence-electron chi connectivity index (χ4n) is 0.835. The molecule has 0 bridgehead atoms. The third kappa shape index (κ3) is 2.17.